The van der Waals surface area contributed by atoms with E-state index in [9.17, 15) is 0 Å². The molecule has 0 N–H and O–H groups in total. The Hall–Kier alpha value is -0.526. The van der Waals surface area contributed by atoms with Crippen molar-refractivity contribution in [1.29, 1.82) is 0 Å². The number of benzene rings is 1. The molecular weight excluding hydrogens is 271 g/mol. The number of aromatic nitrogens is 1. The Kier molecular flexibility index (Phi) is 4.82. The van der Waals surface area contributed by atoms with Crippen molar-refractivity contribution in [2.45, 2.75) is 20.8 Å². The summed E-state index contributed by atoms with van der Waals surface area (Å²) in [6.45, 7) is 6.09. The van der Waals surface area contributed by atoms with Gasteiger partial charge in [-0.1, -0.05) is 12.5 Å². The molecule has 0 spiro atoms. The van der Waals surface area contributed by atoms with Crippen LogP contribution < -0.4 is 0 Å². The molecule has 79 valence electrons. The normalized spacial score (nSPS) is 9.69. The minimum absolute atomic E-state index is 0. The van der Waals surface area contributed by atoms with Crippen LogP contribution in [0.15, 0.2) is 30.3 Å². The molecule has 0 aliphatic rings. The van der Waals surface area contributed by atoms with E-state index in [1.54, 1.807) is 0 Å². The Bertz CT molecular complexity index is 454. The molecule has 0 saturated heterocycles. The molecule has 0 amide bonds. The van der Waals surface area contributed by atoms with Gasteiger partial charge in [-0.2, -0.15) is 29.8 Å². The van der Waals surface area contributed by atoms with Gasteiger partial charge in [-0.05, 0) is 26.0 Å². The van der Waals surface area contributed by atoms with Crippen molar-refractivity contribution in [3.05, 3.63) is 53.3 Å². The van der Waals surface area contributed by atoms with Gasteiger partial charge in [-0.3, -0.25) is 4.98 Å². The van der Waals surface area contributed by atoms with Gasteiger partial charge in [-0.25, -0.2) is 0 Å². The van der Waals surface area contributed by atoms with Gasteiger partial charge in [0.2, 0.25) is 0 Å². The Balaban J connectivity index is 0.00000128. The van der Waals surface area contributed by atoms with Gasteiger partial charge in [0.05, 0.1) is 0 Å². The molecule has 2 aromatic rings. The topological polar surface area (TPSA) is 12.9 Å². The number of hydrogen-bond acceptors (Lipinski definition) is 1. The minimum Gasteiger partial charge on any atom is -0.259 e. The predicted octanol–water partition coefficient (Wildman–Crippen LogP) is 3.47. The predicted molar refractivity (Wildman–Crippen MR) is 62.7 cm³/mol. The molecular formula is C14H14NY-. The van der Waals surface area contributed by atoms with Crippen molar-refractivity contribution in [1.82, 2.24) is 4.98 Å². The van der Waals surface area contributed by atoms with Crippen molar-refractivity contribution < 1.29 is 32.7 Å². The third-order valence-corrected chi connectivity index (χ3v) is 2.38. The average Bonchev–Trinajstić information content (AvgIpc) is 2.17. The summed E-state index contributed by atoms with van der Waals surface area (Å²) in [5, 5.41) is 0. The number of pyridine rings is 1. The summed E-state index contributed by atoms with van der Waals surface area (Å²) in [6, 6.07) is 13.7. The van der Waals surface area contributed by atoms with Crippen molar-refractivity contribution in [2.24, 2.45) is 0 Å². The third-order valence-electron chi connectivity index (χ3n) is 2.38. The Morgan fingerprint density at radius 2 is 1.56 bits per heavy atom. The third kappa shape index (κ3) is 3.23. The summed E-state index contributed by atoms with van der Waals surface area (Å²) in [6.07, 6.45) is 0. The maximum Gasteiger partial charge on any atom is 0.0371 e. The maximum absolute atomic E-state index is 4.37. The molecule has 1 heterocycles. The van der Waals surface area contributed by atoms with Crippen LogP contribution in [0.5, 0.6) is 0 Å². The van der Waals surface area contributed by atoms with Gasteiger partial charge in [0, 0.05) is 44.1 Å². The molecule has 0 fully saturated rings. The quantitative estimate of drug-likeness (QED) is 0.731. The van der Waals surface area contributed by atoms with Crippen molar-refractivity contribution in [2.75, 3.05) is 0 Å². The van der Waals surface area contributed by atoms with Crippen LogP contribution in [0.4, 0.5) is 0 Å². The van der Waals surface area contributed by atoms with Gasteiger partial charge in [-0.15, -0.1) is 5.56 Å². The zero-order chi connectivity index (χ0) is 10.8. The van der Waals surface area contributed by atoms with Gasteiger partial charge in [0.15, 0.2) is 0 Å². The molecule has 2 heteroatoms. The van der Waals surface area contributed by atoms with Gasteiger partial charge in [0.25, 0.3) is 0 Å². The maximum atomic E-state index is 4.37. The second-order valence-corrected chi connectivity index (χ2v) is 3.90. The SMILES string of the molecule is Cc1[c-]cc(-c2cc(C)nc(C)c2)cc1.[Y]. The first-order valence-corrected chi connectivity index (χ1v) is 5.09. The largest absolute Gasteiger partial charge is 0.259 e. The van der Waals surface area contributed by atoms with E-state index in [4.69, 9.17) is 0 Å². The first-order chi connectivity index (χ1) is 7.15. The zero-order valence-corrected chi connectivity index (χ0v) is 12.7. The van der Waals surface area contributed by atoms with E-state index in [-0.39, 0.29) is 32.7 Å². The molecule has 0 saturated carbocycles. The first kappa shape index (κ1) is 13.5. The van der Waals surface area contributed by atoms with Crippen LogP contribution in [0, 0.1) is 26.8 Å². The number of nitrogens with zero attached hydrogens (tertiary/aromatic N) is 1. The van der Waals surface area contributed by atoms with Crippen LogP contribution in [0.3, 0.4) is 0 Å². The molecule has 0 atom stereocenters. The van der Waals surface area contributed by atoms with E-state index in [0.29, 0.717) is 0 Å². The van der Waals surface area contributed by atoms with Gasteiger partial charge in [0.1, 0.15) is 0 Å². The monoisotopic (exact) mass is 285 g/mol. The number of rotatable bonds is 1. The molecule has 1 aromatic carbocycles. The standard InChI is InChI=1S/C14H14N.Y/c1-10-4-6-13(7-5-10)14-8-11(2)15-12(3)9-14;/h4,6-9H,1-3H3;/q-1;. The smallest absolute Gasteiger partial charge is 0.0371 e. The molecule has 0 aliphatic heterocycles. The van der Waals surface area contributed by atoms with Crippen molar-refractivity contribution in [3.63, 3.8) is 0 Å². The average molecular weight is 285 g/mol. The Labute approximate surface area is 122 Å². The zero-order valence-electron chi connectivity index (χ0n) is 9.91. The van der Waals surface area contributed by atoms with Crippen molar-refractivity contribution in [3.8, 4) is 11.1 Å². The van der Waals surface area contributed by atoms with Gasteiger partial charge < -0.3 is 0 Å². The summed E-state index contributed by atoms with van der Waals surface area (Å²) < 4.78 is 0. The fraction of sp³-hybridized carbons (Fsp3) is 0.214. The van der Waals surface area contributed by atoms with E-state index in [1.807, 2.05) is 26.8 Å². The van der Waals surface area contributed by atoms with Crippen molar-refractivity contribution >= 4 is 0 Å². The molecule has 1 radical (unpaired) electrons. The van der Waals surface area contributed by atoms with Crippen LogP contribution in [-0.4, -0.2) is 4.98 Å². The van der Waals surface area contributed by atoms with E-state index >= 15 is 0 Å². The van der Waals surface area contributed by atoms with E-state index in [0.717, 1.165) is 11.4 Å². The number of aryl methyl sites for hydroxylation is 3. The second-order valence-electron chi connectivity index (χ2n) is 3.90. The molecule has 1 nitrogen and oxygen atoms in total. The molecule has 16 heavy (non-hydrogen) atoms. The second kappa shape index (κ2) is 5.70. The van der Waals surface area contributed by atoms with Crippen LogP contribution in [-0.2, 0) is 32.7 Å². The Morgan fingerprint density at radius 1 is 0.938 bits per heavy atom. The Morgan fingerprint density at radius 3 is 2.06 bits per heavy atom. The molecule has 0 aliphatic carbocycles. The van der Waals surface area contributed by atoms with Crippen LogP contribution in [0.2, 0.25) is 0 Å². The van der Waals surface area contributed by atoms with Gasteiger partial charge >= 0.3 is 0 Å². The molecule has 0 bridgehead atoms. The fourth-order valence-electron chi connectivity index (χ4n) is 1.68. The van der Waals surface area contributed by atoms with E-state index in [2.05, 4.69) is 35.3 Å². The molecule has 0 unspecified atom stereocenters. The first-order valence-electron chi connectivity index (χ1n) is 5.09. The summed E-state index contributed by atoms with van der Waals surface area (Å²) in [7, 11) is 0. The fourth-order valence-corrected chi connectivity index (χ4v) is 1.68. The molecule has 1 aromatic heterocycles. The summed E-state index contributed by atoms with van der Waals surface area (Å²) in [4.78, 5) is 4.37. The summed E-state index contributed by atoms with van der Waals surface area (Å²) in [5.41, 5.74) is 5.71. The van der Waals surface area contributed by atoms with Crippen LogP contribution in [0.25, 0.3) is 11.1 Å². The van der Waals surface area contributed by atoms with Crippen LogP contribution in [0.1, 0.15) is 17.0 Å². The van der Waals surface area contributed by atoms with E-state index < -0.39 is 0 Å². The minimum atomic E-state index is 0. The summed E-state index contributed by atoms with van der Waals surface area (Å²) in [5.74, 6) is 0. The summed E-state index contributed by atoms with van der Waals surface area (Å²) >= 11 is 0. The number of hydrogen-bond donors (Lipinski definition) is 0. The van der Waals surface area contributed by atoms with Crippen LogP contribution >= 0.6 is 0 Å². The molecule has 2 rings (SSSR count). The van der Waals surface area contributed by atoms with E-state index in [1.165, 1.54) is 16.7 Å².